The molecule has 2 aromatic rings. The van der Waals surface area contributed by atoms with Crippen LogP contribution >= 0.6 is 0 Å². The lowest BCUT2D eigenvalue weighted by atomic mass is 10.2. The van der Waals surface area contributed by atoms with E-state index in [1.165, 1.54) is 0 Å². The summed E-state index contributed by atoms with van der Waals surface area (Å²) in [4.78, 5) is 4.28. The maximum absolute atomic E-state index is 5.71. The van der Waals surface area contributed by atoms with Gasteiger partial charge in [-0.3, -0.25) is 0 Å². The zero-order chi connectivity index (χ0) is 11.5. The molecule has 2 N–H and O–H groups in total. The van der Waals surface area contributed by atoms with Crippen molar-refractivity contribution >= 4 is 5.69 Å². The van der Waals surface area contributed by atoms with Gasteiger partial charge in [-0.05, 0) is 31.5 Å². The summed E-state index contributed by atoms with van der Waals surface area (Å²) in [5.41, 5.74) is 8.37. The highest BCUT2D eigenvalue weighted by molar-refractivity contribution is 5.48. The van der Waals surface area contributed by atoms with Crippen molar-refractivity contribution in [2.45, 2.75) is 13.8 Å². The number of nitrogens with two attached hydrogens (primary N) is 1. The number of anilines is 1. The normalized spacial score (nSPS) is 10.1. The van der Waals surface area contributed by atoms with Crippen LogP contribution in [-0.4, -0.2) is 4.98 Å². The van der Waals surface area contributed by atoms with Gasteiger partial charge in [-0.2, -0.15) is 0 Å². The number of nitrogens with zero attached hydrogens (tertiary/aromatic N) is 1. The summed E-state index contributed by atoms with van der Waals surface area (Å²) >= 11 is 0. The van der Waals surface area contributed by atoms with Gasteiger partial charge < -0.3 is 10.5 Å². The van der Waals surface area contributed by atoms with Crippen molar-refractivity contribution in [3.8, 4) is 11.6 Å². The fourth-order valence-corrected chi connectivity index (χ4v) is 1.41. The third-order valence-corrected chi connectivity index (χ3v) is 2.29. The first-order chi connectivity index (χ1) is 7.65. The zero-order valence-electron chi connectivity index (χ0n) is 9.40. The average Bonchev–Trinajstić information content (AvgIpc) is 2.24. The molecule has 1 heterocycles. The molecular formula is C13H14N2O. The summed E-state index contributed by atoms with van der Waals surface area (Å²) in [5, 5.41) is 0. The molecule has 3 heteroatoms. The number of hydrogen-bond donors (Lipinski definition) is 1. The second kappa shape index (κ2) is 4.23. The summed E-state index contributed by atoms with van der Waals surface area (Å²) in [5.74, 6) is 1.34. The lowest BCUT2D eigenvalue weighted by Gasteiger charge is -2.08. The van der Waals surface area contributed by atoms with Gasteiger partial charge in [-0.15, -0.1) is 0 Å². The fourth-order valence-electron chi connectivity index (χ4n) is 1.41. The van der Waals surface area contributed by atoms with Gasteiger partial charge in [0.25, 0.3) is 0 Å². The molecule has 16 heavy (non-hydrogen) atoms. The van der Waals surface area contributed by atoms with E-state index in [0.29, 0.717) is 11.6 Å². The number of benzene rings is 1. The molecule has 82 valence electrons. The van der Waals surface area contributed by atoms with Gasteiger partial charge in [0.2, 0.25) is 5.88 Å². The molecule has 3 nitrogen and oxygen atoms in total. The topological polar surface area (TPSA) is 48.1 Å². The van der Waals surface area contributed by atoms with Crippen LogP contribution in [0.5, 0.6) is 11.6 Å². The summed E-state index contributed by atoms with van der Waals surface area (Å²) in [6.45, 7) is 3.91. The van der Waals surface area contributed by atoms with E-state index in [1.807, 2.05) is 44.2 Å². The first-order valence-corrected chi connectivity index (χ1v) is 5.13. The molecule has 0 bridgehead atoms. The van der Waals surface area contributed by atoms with Crippen LogP contribution in [0.25, 0.3) is 0 Å². The average molecular weight is 214 g/mol. The highest BCUT2D eigenvalue weighted by Gasteiger charge is 2.02. The van der Waals surface area contributed by atoms with Crippen LogP contribution in [0.3, 0.4) is 0 Å². The van der Waals surface area contributed by atoms with Gasteiger partial charge >= 0.3 is 0 Å². The van der Waals surface area contributed by atoms with Gasteiger partial charge in [-0.1, -0.05) is 12.1 Å². The van der Waals surface area contributed by atoms with Crippen LogP contribution < -0.4 is 10.5 Å². The van der Waals surface area contributed by atoms with Crippen molar-refractivity contribution in [2.24, 2.45) is 0 Å². The molecule has 0 saturated carbocycles. The molecule has 0 radical (unpaired) electrons. The molecule has 0 aliphatic heterocycles. The predicted molar refractivity (Wildman–Crippen MR) is 64.6 cm³/mol. The zero-order valence-corrected chi connectivity index (χ0v) is 9.40. The largest absolute Gasteiger partial charge is 0.439 e. The number of pyridine rings is 1. The number of aryl methyl sites for hydroxylation is 2. The van der Waals surface area contributed by atoms with Gasteiger partial charge in [0, 0.05) is 23.5 Å². The Morgan fingerprint density at radius 3 is 2.69 bits per heavy atom. The summed E-state index contributed by atoms with van der Waals surface area (Å²) in [7, 11) is 0. The first kappa shape index (κ1) is 10.5. The second-order valence-corrected chi connectivity index (χ2v) is 3.74. The van der Waals surface area contributed by atoms with Gasteiger partial charge in [0.05, 0.1) is 0 Å². The molecule has 0 saturated heterocycles. The predicted octanol–water partition coefficient (Wildman–Crippen LogP) is 3.07. The monoisotopic (exact) mass is 214 g/mol. The molecule has 0 amide bonds. The number of nitrogen functional groups attached to an aromatic ring is 1. The van der Waals surface area contributed by atoms with Crippen molar-refractivity contribution in [3.63, 3.8) is 0 Å². The number of aromatic nitrogens is 1. The molecule has 2 rings (SSSR count). The Hall–Kier alpha value is -2.03. The first-order valence-electron chi connectivity index (χ1n) is 5.13. The molecule has 0 atom stereocenters. The molecule has 0 spiro atoms. The Morgan fingerprint density at radius 2 is 1.94 bits per heavy atom. The number of rotatable bonds is 2. The fraction of sp³-hybridized carbons (Fsp3) is 0.154. The standard InChI is InChI=1S/C13H14N2O/c1-9-6-7-11(14)8-12(9)16-13-5-3-4-10(2)15-13/h3-8H,14H2,1-2H3. The minimum absolute atomic E-state index is 0.591. The Bertz CT molecular complexity index is 509. The third-order valence-electron chi connectivity index (χ3n) is 2.29. The minimum atomic E-state index is 0.591. The van der Waals surface area contributed by atoms with E-state index in [1.54, 1.807) is 6.07 Å². The lowest BCUT2D eigenvalue weighted by molar-refractivity contribution is 0.458. The SMILES string of the molecule is Cc1cccc(Oc2cc(N)ccc2C)n1. The van der Waals surface area contributed by atoms with Crippen LogP contribution in [-0.2, 0) is 0 Å². The molecule has 0 unspecified atom stereocenters. The van der Waals surface area contributed by atoms with Gasteiger partial charge in [0.15, 0.2) is 0 Å². The van der Waals surface area contributed by atoms with E-state index in [-0.39, 0.29) is 0 Å². The van der Waals surface area contributed by atoms with E-state index in [0.717, 1.165) is 17.0 Å². The summed E-state index contributed by atoms with van der Waals surface area (Å²) in [6.07, 6.45) is 0. The Kier molecular flexibility index (Phi) is 2.77. The number of ether oxygens (including phenoxy) is 1. The molecule has 1 aromatic carbocycles. The lowest BCUT2D eigenvalue weighted by Crippen LogP contribution is -1.93. The highest BCUT2D eigenvalue weighted by Crippen LogP contribution is 2.25. The quantitative estimate of drug-likeness (QED) is 0.781. The summed E-state index contributed by atoms with van der Waals surface area (Å²) < 4.78 is 5.68. The van der Waals surface area contributed by atoms with E-state index in [9.17, 15) is 0 Å². The molecule has 0 aliphatic rings. The Balaban J connectivity index is 2.30. The van der Waals surface area contributed by atoms with Crippen molar-refractivity contribution in [3.05, 3.63) is 47.7 Å². The van der Waals surface area contributed by atoms with Crippen LogP contribution in [0.4, 0.5) is 5.69 Å². The third kappa shape index (κ3) is 2.31. The van der Waals surface area contributed by atoms with Crippen molar-refractivity contribution in [1.82, 2.24) is 4.98 Å². The van der Waals surface area contributed by atoms with Gasteiger partial charge in [-0.25, -0.2) is 4.98 Å². The Morgan fingerprint density at radius 1 is 1.12 bits per heavy atom. The molecular weight excluding hydrogens is 200 g/mol. The Labute approximate surface area is 94.9 Å². The summed E-state index contributed by atoms with van der Waals surface area (Å²) in [6, 6.07) is 11.3. The highest BCUT2D eigenvalue weighted by atomic mass is 16.5. The minimum Gasteiger partial charge on any atom is -0.439 e. The van der Waals surface area contributed by atoms with Crippen molar-refractivity contribution in [2.75, 3.05) is 5.73 Å². The van der Waals surface area contributed by atoms with Crippen LogP contribution in [0.2, 0.25) is 0 Å². The van der Waals surface area contributed by atoms with E-state index < -0.39 is 0 Å². The van der Waals surface area contributed by atoms with E-state index in [2.05, 4.69) is 4.98 Å². The van der Waals surface area contributed by atoms with Crippen LogP contribution in [0.1, 0.15) is 11.3 Å². The molecule has 0 aliphatic carbocycles. The van der Waals surface area contributed by atoms with Crippen LogP contribution in [0, 0.1) is 13.8 Å². The van der Waals surface area contributed by atoms with Crippen molar-refractivity contribution < 1.29 is 4.74 Å². The number of hydrogen-bond acceptors (Lipinski definition) is 3. The molecule has 1 aromatic heterocycles. The van der Waals surface area contributed by atoms with Crippen LogP contribution in [0.15, 0.2) is 36.4 Å². The van der Waals surface area contributed by atoms with Gasteiger partial charge in [0.1, 0.15) is 5.75 Å². The van der Waals surface area contributed by atoms with E-state index >= 15 is 0 Å². The van der Waals surface area contributed by atoms with Crippen molar-refractivity contribution in [1.29, 1.82) is 0 Å². The molecule has 0 fully saturated rings. The van der Waals surface area contributed by atoms with E-state index in [4.69, 9.17) is 10.5 Å². The maximum Gasteiger partial charge on any atom is 0.219 e. The maximum atomic E-state index is 5.71. The second-order valence-electron chi connectivity index (χ2n) is 3.74. The smallest absolute Gasteiger partial charge is 0.219 e.